The molecule has 0 spiro atoms. The summed E-state index contributed by atoms with van der Waals surface area (Å²) in [6.45, 7) is 2.57. The third kappa shape index (κ3) is 6.27. The molecular weight excluding hydrogens is 660 g/mol. The Morgan fingerprint density at radius 3 is 2.66 bits per heavy atom. The molecule has 3 aliphatic heterocycles. The summed E-state index contributed by atoms with van der Waals surface area (Å²) >= 11 is 0.764. The summed E-state index contributed by atoms with van der Waals surface area (Å²) < 4.78 is 70.0. The van der Waals surface area contributed by atoms with Gasteiger partial charge in [-0.15, -0.1) is 11.3 Å². The number of likely N-dealkylation sites (N-methyl/N-ethyl adjacent to an activating group) is 1. The number of anilines is 3. The molecule has 2 amide bonds. The number of alkyl halides is 3. The molecule has 252 valence electrons. The average Bonchev–Trinajstić information content (AvgIpc) is 3.78. The minimum atomic E-state index is -4.81. The summed E-state index contributed by atoms with van der Waals surface area (Å²) in [6.07, 6.45) is -2.18. The van der Waals surface area contributed by atoms with E-state index in [0.29, 0.717) is 44.7 Å². The second-order valence-electron chi connectivity index (χ2n) is 12.1. The molecule has 5 heterocycles. The quantitative estimate of drug-likeness (QED) is 0.242. The maximum absolute atomic E-state index is 14.3. The number of piperazine rings is 1. The molecule has 1 saturated carbocycles. The van der Waals surface area contributed by atoms with Crippen molar-refractivity contribution in [3.63, 3.8) is 0 Å². The standard InChI is InChI=1S/C30H34F3N7O5S2/c1-34-27(41)22-13-39(7-6-35-22)17-4-5-21(19(10-17)16-2-3-16)37-29-36-12-20(30(31,32)33)25(38-29)23-11-24-26(46-23)28(42)40(18-14-45-15-18)8-9-47(24,43)44/h4-5,10-12,16,18,22,35,43-44H,2-3,6-9,13-15H2,1H3,(H,34,41)(H,36,37,38). The van der Waals surface area contributed by atoms with Gasteiger partial charge in [0, 0.05) is 50.8 Å². The van der Waals surface area contributed by atoms with Crippen LogP contribution in [0.1, 0.15) is 39.6 Å². The van der Waals surface area contributed by atoms with Crippen LogP contribution in [-0.2, 0) is 15.7 Å². The second-order valence-corrected chi connectivity index (χ2v) is 15.3. The summed E-state index contributed by atoms with van der Waals surface area (Å²) in [4.78, 5) is 37.6. The van der Waals surface area contributed by atoms with E-state index in [-0.39, 0.29) is 56.8 Å². The van der Waals surface area contributed by atoms with E-state index in [4.69, 9.17) is 4.74 Å². The predicted molar refractivity (Wildman–Crippen MR) is 172 cm³/mol. The number of hydrogen-bond donors (Lipinski definition) is 5. The topological polar surface area (TPSA) is 152 Å². The highest BCUT2D eigenvalue weighted by Crippen LogP contribution is 2.56. The predicted octanol–water partition coefficient (Wildman–Crippen LogP) is 4.33. The summed E-state index contributed by atoms with van der Waals surface area (Å²) in [7, 11) is -1.85. The van der Waals surface area contributed by atoms with Crippen molar-refractivity contribution in [1.29, 1.82) is 0 Å². The molecular formula is C30H34F3N7O5S2. The van der Waals surface area contributed by atoms with Gasteiger partial charge in [-0.3, -0.25) is 18.7 Å². The molecule has 47 heavy (non-hydrogen) atoms. The molecule has 3 fully saturated rings. The number of ether oxygens (including phenoxy) is 1. The lowest BCUT2D eigenvalue weighted by Crippen LogP contribution is -2.56. The van der Waals surface area contributed by atoms with Gasteiger partial charge in [-0.25, -0.2) is 9.97 Å². The highest BCUT2D eigenvalue weighted by molar-refractivity contribution is 8.24. The van der Waals surface area contributed by atoms with Crippen LogP contribution in [0.5, 0.6) is 0 Å². The fraction of sp³-hybridized carbons (Fsp3) is 0.467. The Morgan fingerprint density at radius 2 is 1.98 bits per heavy atom. The van der Waals surface area contributed by atoms with Crippen LogP contribution >= 0.6 is 21.9 Å². The third-order valence-electron chi connectivity index (χ3n) is 8.91. The van der Waals surface area contributed by atoms with Crippen LogP contribution in [0.15, 0.2) is 35.4 Å². The molecule has 3 aromatic rings. The van der Waals surface area contributed by atoms with Gasteiger partial charge in [0.05, 0.1) is 40.5 Å². The Labute approximate surface area is 274 Å². The number of carbonyl (C=O) groups excluding carboxylic acids is 2. The van der Waals surface area contributed by atoms with Crippen molar-refractivity contribution in [2.24, 2.45) is 0 Å². The maximum Gasteiger partial charge on any atom is 0.420 e. The van der Waals surface area contributed by atoms with Crippen molar-refractivity contribution in [3.05, 3.63) is 46.5 Å². The number of halogens is 3. The number of nitrogens with zero attached hydrogens (tertiary/aromatic N) is 4. The third-order valence-corrected chi connectivity index (χ3v) is 12.0. The average molecular weight is 694 g/mol. The van der Waals surface area contributed by atoms with Gasteiger partial charge in [0.2, 0.25) is 11.9 Å². The van der Waals surface area contributed by atoms with E-state index in [1.165, 1.54) is 11.0 Å². The molecule has 1 atom stereocenters. The van der Waals surface area contributed by atoms with Gasteiger partial charge in [-0.05, 0) is 48.6 Å². The van der Waals surface area contributed by atoms with Crippen molar-refractivity contribution in [3.8, 4) is 10.6 Å². The number of hydrogen-bond acceptors (Lipinski definition) is 11. The van der Waals surface area contributed by atoms with Crippen molar-refractivity contribution >= 4 is 51.1 Å². The number of carbonyl (C=O) groups is 2. The van der Waals surface area contributed by atoms with E-state index in [1.54, 1.807) is 7.05 Å². The molecule has 2 aromatic heterocycles. The second kappa shape index (κ2) is 12.2. The van der Waals surface area contributed by atoms with Gasteiger partial charge in [-0.2, -0.15) is 23.8 Å². The first-order valence-electron chi connectivity index (χ1n) is 15.3. The smallest absolute Gasteiger partial charge is 0.377 e. The lowest BCUT2D eigenvalue weighted by atomic mass is 10.1. The minimum Gasteiger partial charge on any atom is -0.377 e. The van der Waals surface area contributed by atoms with Crippen LogP contribution in [0.4, 0.5) is 30.5 Å². The summed E-state index contributed by atoms with van der Waals surface area (Å²) in [5, 5.41) is 9.02. The molecule has 1 aromatic carbocycles. The van der Waals surface area contributed by atoms with Crippen LogP contribution in [-0.4, -0.2) is 100 Å². The van der Waals surface area contributed by atoms with Gasteiger partial charge in [0.25, 0.3) is 5.91 Å². The number of amides is 2. The van der Waals surface area contributed by atoms with Gasteiger partial charge in [0.1, 0.15) is 16.5 Å². The molecule has 4 aliphatic rings. The Morgan fingerprint density at radius 1 is 1.19 bits per heavy atom. The number of fused-ring (bicyclic) bond motifs is 1. The fourth-order valence-corrected chi connectivity index (χ4v) is 9.06. The van der Waals surface area contributed by atoms with Crippen molar-refractivity contribution in [2.75, 3.05) is 62.4 Å². The fourth-order valence-electron chi connectivity index (χ4n) is 6.09. The first-order valence-corrected chi connectivity index (χ1v) is 17.8. The largest absolute Gasteiger partial charge is 0.420 e. The van der Waals surface area contributed by atoms with E-state index in [9.17, 15) is 31.9 Å². The highest BCUT2D eigenvalue weighted by atomic mass is 32.3. The van der Waals surface area contributed by atoms with Crippen LogP contribution in [0.3, 0.4) is 0 Å². The van der Waals surface area contributed by atoms with Gasteiger partial charge in [-0.1, -0.05) is 0 Å². The van der Waals surface area contributed by atoms with Crippen molar-refractivity contribution < 1.29 is 36.6 Å². The van der Waals surface area contributed by atoms with Crippen LogP contribution in [0.2, 0.25) is 0 Å². The maximum atomic E-state index is 14.3. The Kier molecular flexibility index (Phi) is 8.33. The molecule has 0 radical (unpaired) electrons. The van der Waals surface area contributed by atoms with E-state index < -0.39 is 33.9 Å². The molecule has 1 unspecified atom stereocenters. The number of rotatable bonds is 7. The summed E-state index contributed by atoms with van der Waals surface area (Å²) in [5.74, 6) is -0.492. The Balaban J connectivity index is 1.22. The molecule has 1 aliphatic carbocycles. The normalized spacial score (nSPS) is 22.3. The van der Waals surface area contributed by atoms with E-state index in [0.717, 1.165) is 35.4 Å². The van der Waals surface area contributed by atoms with Crippen molar-refractivity contribution in [2.45, 2.75) is 41.9 Å². The highest BCUT2D eigenvalue weighted by Gasteiger charge is 2.41. The Bertz CT molecular complexity index is 1710. The van der Waals surface area contributed by atoms with Crippen LogP contribution < -0.4 is 20.9 Å². The summed E-state index contributed by atoms with van der Waals surface area (Å²) in [5.41, 5.74) is 1.01. The Hall–Kier alpha value is -3.48. The number of thiophene rings is 1. The molecule has 2 saturated heterocycles. The first kappa shape index (κ1) is 32.1. The monoisotopic (exact) mass is 693 g/mol. The molecule has 17 heteroatoms. The van der Waals surface area contributed by atoms with Gasteiger partial charge in [0.15, 0.2) is 0 Å². The van der Waals surface area contributed by atoms with E-state index in [1.807, 2.05) is 18.2 Å². The zero-order valence-corrected chi connectivity index (χ0v) is 27.0. The molecule has 5 N–H and O–H groups in total. The summed E-state index contributed by atoms with van der Waals surface area (Å²) in [6, 6.07) is 6.46. The van der Waals surface area contributed by atoms with E-state index >= 15 is 0 Å². The number of benzene rings is 1. The van der Waals surface area contributed by atoms with Crippen molar-refractivity contribution in [1.82, 2.24) is 25.5 Å². The molecule has 12 nitrogen and oxygen atoms in total. The first-order chi connectivity index (χ1) is 22.4. The van der Waals surface area contributed by atoms with Gasteiger partial charge >= 0.3 is 6.18 Å². The zero-order valence-electron chi connectivity index (χ0n) is 25.3. The zero-order chi connectivity index (χ0) is 33.1. The van der Waals surface area contributed by atoms with E-state index in [2.05, 4.69) is 30.8 Å². The SMILES string of the molecule is CNC(=O)C1CN(c2ccc(Nc3ncc(C(F)(F)F)c(-c4cc5c(s4)C(=O)N(C4COC4)CCS5(O)O)n3)c(C3CC3)c2)CCN1. The number of aromatic nitrogens is 2. The molecule has 7 rings (SSSR count). The lowest BCUT2D eigenvalue weighted by Gasteiger charge is -2.37. The van der Waals surface area contributed by atoms with Crippen LogP contribution in [0.25, 0.3) is 10.6 Å². The number of nitrogens with one attached hydrogen (secondary N) is 3. The lowest BCUT2D eigenvalue weighted by molar-refractivity contribution is -0.137. The van der Waals surface area contributed by atoms with Crippen LogP contribution in [0, 0.1) is 0 Å². The molecule has 0 bridgehead atoms. The minimum absolute atomic E-state index is 0.0103. The van der Waals surface area contributed by atoms with Gasteiger partial charge < -0.3 is 30.5 Å².